The summed E-state index contributed by atoms with van der Waals surface area (Å²) < 4.78 is 13.3. The van der Waals surface area contributed by atoms with Crippen molar-refractivity contribution >= 4 is 11.6 Å². The molecule has 4 heteroatoms. The second-order valence-corrected chi connectivity index (χ2v) is 5.65. The first-order chi connectivity index (χ1) is 9.17. The van der Waals surface area contributed by atoms with E-state index in [0.717, 1.165) is 12.1 Å². The van der Waals surface area contributed by atoms with Crippen LogP contribution in [0.5, 0.6) is 0 Å². The molecule has 0 spiro atoms. The lowest BCUT2D eigenvalue weighted by Gasteiger charge is -2.31. The van der Waals surface area contributed by atoms with Crippen molar-refractivity contribution in [3.63, 3.8) is 0 Å². The van der Waals surface area contributed by atoms with Gasteiger partial charge in [0.05, 0.1) is 5.02 Å². The summed E-state index contributed by atoms with van der Waals surface area (Å²) in [6, 6.07) is 5.75. The van der Waals surface area contributed by atoms with Crippen molar-refractivity contribution in [3.05, 3.63) is 34.6 Å². The molecule has 1 fully saturated rings. The monoisotopic (exact) mass is 284 g/mol. The molecule has 0 saturated heterocycles. The molecule has 1 unspecified atom stereocenters. The van der Waals surface area contributed by atoms with Crippen molar-refractivity contribution in [2.75, 3.05) is 13.1 Å². The van der Waals surface area contributed by atoms with Gasteiger partial charge in [-0.05, 0) is 43.5 Å². The normalized spacial score (nSPS) is 16.9. The molecule has 0 bridgehead atoms. The quantitative estimate of drug-likeness (QED) is 0.826. The van der Waals surface area contributed by atoms with Crippen molar-refractivity contribution in [2.45, 2.75) is 44.7 Å². The minimum absolute atomic E-state index is 0.150. The summed E-state index contributed by atoms with van der Waals surface area (Å²) in [5.74, 6) is -0.368. The van der Waals surface area contributed by atoms with Crippen molar-refractivity contribution in [1.82, 2.24) is 4.90 Å². The molecule has 0 amide bonds. The van der Waals surface area contributed by atoms with Crippen LogP contribution in [0.1, 0.15) is 44.2 Å². The first-order valence-corrected chi connectivity index (χ1v) is 7.46. The maximum atomic E-state index is 13.3. The van der Waals surface area contributed by atoms with Crippen molar-refractivity contribution < 1.29 is 4.39 Å². The smallest absolute Gasteiger partial charge is 0.141 e. The Balaban J connectivity index is 2.17. The summed E-state index contributed by atoms with van der Waals surface area (Å²) in [5, 5.41) is 0.183. The van der Waals surface area contributed by atoms with Gasteiger partial charge in [-0.1, -0.05) is 31.0 Å². The third-order valence-corrected chi connectivity index (χ3v) is 4.03. The van der Waals surface area contributed by atoms with Crippen molar-refractivity contribution in [2.24, 2.45) is 5.73 Å². The molecule has 0 aromatic heterocycles. The van der Waals surface area contributed by atoms with Crippen LogP contribution >= 0.6 is 11.6 Å². The van der Waals surface area contributed by atoms with Crippen LogP contribution in [0.25, 0.3) is 0 Å². The molecule has 1 aromatic rings. The lowest BCUT2D eigenvalue weighted by molar-refractivity contribution is 0.188. The molecule has 2 nitrogen and oxygen atoms in total. The van der Waals surface area contributed by atoms with Crippen LogP contribution in [0.3, 0.4) is 0 Å². The van der Waals surface area contributed by atoms with E-state index in [0.29, 0.717) is 12.6 Å². The number of hydrogen-bond donors (Lipinski definition) is 1. The summed E-state index contributed by atoms with van der Waals surface area (Å²) in [6.45, 7) is 3.79. The molecule has 0 heterocycles. The van der Waals surface area contributed by atoms with Crippen LogP contribution in [-0.2, 0) is 0 Å². The SMILES string of the molecule is CCCCN(C1CC1)C(CN)c1ccc(F)c(Cl)c1. The zero-order chi connectivity index (χ0) is 13.8. The Labute approximate surface area is 119 Å². The third kappa shape index (κ3) is 3.68. The standard InChI is InChI=1S/C15H22ClFN2/c1-2-3-8-19(12-5-6-12)15(10-18)11-4-7-14(17)13(16)9-11/h4,7,9,12,15H,2-3,5-6,8,10,18H2,1H3. The van der Waals surface area contributed by atoms with Crippen LogP contribution in [0.2, 0.25) is 5.02 Å². The first kappa shape index (κ1) is 14.8. The minimum Gasteiger partial charge on any atom is -0.329 e. The second kappa shape index (κ2) is 6.69. The van der Waals surface area contributed by atoms with E-state index in [1.54, 1.807) is 12.1 Å². The summed E-state index contributed by atoms with van der Waals surface area (Å²) in [6.07, 6.45) is 4.83. The lowest BCUT2D eigenvalue weighted by atomic mass is 10.0. The van der Waals surface area contributed by atoms with Gasteiger partial charge < -0.3 is 5.73 Å². The van der Waals surface area contributed by atoms with E-state index in [1.807, 2.05) is 0 Å². The molecule has 1 saturated carbocycles. The predicted octanol–water partition coefficient (Wildman–Crippen LogP) is 3.74. The number of rotatable bonds is 7. The molecule has 2 rings (SSSR count). The Kier molecular flexibility index (Phi) is 5.20. The topological polar surface area (TPSA) is 29.3 Å². The van der Waals surface area contributed by atoms with Gasteiger partial charge >= 0.3 is 0 Å². The van der Waals surface area contributed by atoms with E-state index >= 15 is 0 Å². The molecular weight excluding hydrogens is 263 g/mol. The van der Waals surface area contributed by atoms with E-state index < -0.39 is 0 Å². The number of benzene rings is 1. The summed E-state index contributed by atoms with van der Waals surface area (Å²) in [4.78, 5) is 2.47. The van der Waals surface area contributed by atoms with Gasteiger partial charge in [0.25, 0.3) is 0 Å². The number of nitrogens with two attached hydrogens (primary N) is 1. The van der Waals surface area contributed by atoms with Gasteiger partial charge in [0, 0.05) is 18.6 Å². The van der Waals surface area contributed by atoms with Crippen LogP contribution < -0.4 is 5.73 Å². The third-order valence-electron chi connectivity index (χ3n) is 3.74. The minimum atomic E-state index is -0.368. The first-order valence-electron chi connectivity index (χ1n) is 7.08. The molecule has 106 valence electrons. The van der Waals surface area contributed by atoms with Gasteiger partial charge in [-0.2, -0.15) is 0 Å². The van der Waals surface area contributed by atoms with E-state index in [2.05, 4.69) is 11.8 Å². The van der Waals surface area contributed by atoms with Gasteiger partial charge in [-0.25, -0.2) is 4.39 Å². The Morgan fingerprint density at radius 1 is 1.47 bits per heavy atom. The van der Waals surface area contributed by atoms with Gasteiger partial charge in [0.15, 0.2) is 0 Å². The molecule has 0 radical (unpaired) electrons. The van der Waals surface area contributed by atoms with Gasteiger partial charge in [0.1, 0.15) is 5.82 Å². The highest BCUT2D eigenvalue weighted by molar-refractivity contribution is 6.30. The fourth-order valence-corrected chi connectivity index (χ4v) is 2.71. The average molecular weight is 285 g/mol. The molecule has 0 aliphatic heterocycles. The maximum Gasteiger partial charge on any atom is 0.141 e. The molecule has 1 aromatic carbocycles. The highest BCUT2D eigenvalue weighted by Crippen LogP contribution is 2.35. The van der Waals surface area contributed by atoms with E-state index in [9.17, 15) is 4.39 Å². The number of hydrogen-bond acceptors (Lipinski definition) is 2. The second-order valence-electron chi connectivity index (χ2n) is 5.25. The molecule has 2 N–H and O–H groups in total. The summed E-state index contributed by atoms with van der Waals surface area (Å²) in [5.41, 5.74) is 6.98. The van der Waals surface area contributed by atoms with Crippen LogP contribution in [-0.4, -0.2) is 24.0 Å². The van der Waals surface area contributed by atoms with Crippen LogP contribution in [0.15, 0.2) is 18.2 Å². The molecule has 19 heavy (non-hydrogen) atoms. The number of halogens is 2. The largest absolute Gasteiger partial charge is 0.329 e. The van der Waals surface area contributed by atoms with Crippen molar-refractivity contribution in [1.29, 1.82) is 0 Å². The molecular formula is C15H22ClFN2. The Morgan fingerprint density at radius 2 is 2.21 bits per heavy atom. The maximum absolute atomic E-state index is 13.3. The van der Waals surface area contributed by atoms with Gasteiger partial charge in [-0.3, -0.25) is 4.90 Å². The van der Waals surface area contributed by atoms with E-state index in [-0.39, 0.29) is 16.9 Å². The Bertz CT molecular complexity index is 421. The van der Waals surface area contributed by atoms with E-state index in [4.69, 9.17) is 17.3 Å². The zero-order valence-electron chi connectivity index (χ0n) is 11.4. The summed E-state index contributed by atoms with van der Waals surface area (Å²) in [7, 11) is 0. The fourth-order valence-electron chi connectivity index (χ4n) is 2.52. The van der Waals surface area contributed by atoms with Crippen LogP contribution in [0.4, 0.5) is 4.39 Å². The Hall–Kier alpha value is -0.640. The predicted molar refractivity (Wildman–Crippen MR) is 77.8 cm³/mol. The molecule has 1 aliphatic rings. The highest BCUT2D eigenvalue weighted by Gasteiger charge is 2.33. The molecule has 1 aliphatic carbocycles. The van der Waals surface area contributed by atoms with Crippen molar-refractivity contribution in [3.8, 4) is 0 Å². The lowest BCUT2D eigenvalue weighted by Crippen LogP contribution is -2.36. The number of nitrogens with zero attached hydrogens (tertiary/aromatic N) is 1. The molecule has 1 atom stereocenters. The summed E-state index contributed by atoms with van der Waals surface area (Å²) >= 11 is 5.88. The Morgan fingerprint density at radius 3 is 2.74 bits per heavy atom. The van der Waals surface area contributed by atoms with Gasteiger partial charge in [0.2, 0.25) is 0 Å². The highest BCUT2D eigenvalue weighted by atomic mass is 35.5. The van der Waals surface area contributed by atoms with Crippen LogP contribution in [0, 0.1) is 5.82 Å². The fraction of sp³-hybridized carbons (Fsp3) is 0.600. The van der Waals surface area contributed by atoms with Gasteiger partial charge in [-0.15, -0.1) is 0 Å². The average Bonchev–Trinajstić information content (AvgIpc) is 3.22. The number of unbranched alkanes of at least 4 members (excludes halogenated alkanes) is 1. The van der Waals surface area contributed by atoms with E-state index in [1.165, 1.54) is 31.7 Å². The zero-order valence-corrected chi connectivity index (χ0v) is 12.2.